The molecule has 0 spiro atoms. The maximum absolute atomic E-state index is 11.1. The van der Waals surface area contributed by atoms with Crippen molar-refractivity contribution in [1.29, 1.82) is 0 Å². The van der Waals surface area contributed by atoms with E-state index in [0.29, 0.717) is 5.69 Å². The van der Waals surface area contributed by atoms with Crippen LogP contribution >= 0.6 is 0 Å². The third-order valence-corrected chi connectivity index (χ3v) is 1.30. The van der Waals surface area contributed by atoms with Gasteiger partial charge in [-0.15, -0.1) is 0 Å². The van der Waals surface area contributed by atoms with Crippen LogP contribution in [0.4, 0.5) is 10.5 Å². The van der Waals surface area contributed by atoms with E-state index >= 15 is 0 Å². The number of hydrogen-bond donors (Lipinski definition) is 1. The molecule has 0 saturated heterocycles. The number of ether oxygens (including phenoxy) is 1. The summed E-state index contributed by atoms with van der Waals surface area (Å²) in [6.45, 7) is 3.60. The molecular formula is C10H12NO2. The Labute approximate surface area is 77.7 Å². The van der Waals surface area contributed by atoms with E-state index in [2.05, 4.69) is 11.4 Å². The molecule has 1 N–H and O–H groups in total. The van der Waals surface area contributed by atoms with Gasteiger partial charge in [0.15, 0.2) is 0 Å². The quantitative estimate of drug-likeness (QED) is 0.755. The van der Waals surface area contributed by atoms with Crippen LogP contribution in [0.15, 0.2) is 24.3 Å². The predicted octanol–water partition coefficient (Wildman–Crippen LogP) is 2.44. The molecule has 13 heavy (non-hydrogen) atoms. The minimum absolute atomic E-state index is 0.104. The van der Waals surface area contributed by atoms with E-state index in [1.807, 2.05) is 0 Å². The van der Waals surface area contributed by atoms with Gasteiger partial charge in [-0.05, 0) is 32.0 Å². The number of carbonyl (C=O) groups is 1. The van der Waals surface area contributed by atoms with Crippen molar-refractivity contribution in [3.05, 3.63) is 30.3 Å². The zero-order chi connectivity index (χ0) is 9.68. The Hall–Kier alpha value is -1.51. The average Bonchev–Trinajstić information content (AvgIpc) is 2.04. The molecule has 3 nitrogen and oxygen atoms in total. The van der Waals surface area contributed by atoms with Gasteiger partial charge in [0.1, 0.15) is 0 Å². The van der Waals surface area contributed by atoms with E-state index in [0.717, 1.165) is 0 Å². The summed E-state index contributed by atoms with van der Waals surface area (Å²) >= 11 is 0. The molecule has 0 aliphatic carbocycles. The van der Waals surface area contributed by atoms with Crippen LogP contribution < -0.4 is 5.32 Å². The zero-order valence-electron chi connectivity index (χ0n) is 7.70. The average molecular weight is 178 g/mol. The molecule has 3 heteroatoms. The molecule has 0 bridgehead atoms. The first-order valence-corrected chi connectivity index (χ1v) is 4.12. The van der Waals surface area contributed by atoms with Gasteiger partial charge in [-0.1, -0.05) is 12.1 Å². The van der Waals surface area contributed by atoms with Crippen molar-refractivity contribution in [3.63, 3.8) is 0 Å². The van der Waals surface area contributed by atoms with Crippen LogP contribution in [0.25, 0.3) is 0 Å². The molecule has 1 rings (SSSR count). The van der Waals surface area contributed by atoms with Crippen molar-refractivity contribution in [3.8, 4) is 0 Å². The lowest BCUT2D eigenvalue weighted by Gasteiger charge is -2.08. The maximum atomic E-state index is 11.1. The highest BCUT2D eigenvalue weighted by molar-refractivity contribution is 5.84. The normalized spacial score (nSPS) is 9.77. The minimum atomic E-state index is -0.436. The summed E-state index contributed by atoms with van der Waals surface area (Å²) in [5.41, 5.74) is 0.688. The molecule has 0 atom stereocenters. The van der Waals surface area contributed by atoms with Gasteiger partial charge in [-0.2, -0.15) is 0 Å². The van der Waals surface area contributed by atoms with Crippen LogP contribution in [0.2, 0.25) is 0 Å². The Morgan fingerprint density at radius 1 is 1.62 bits per heavy atom. The third kappa shape index (κ3) is 3.60. The van der Waals surface area contributed by atoms with Crippen LogP contribution in [0.1, 0.15) is 13.8 Å². The largest absolute Gasteiger partial charge is 0.447 e. The van der Waals surface area contributed by atoms with E-state index in [1.165, 1.54) is 0 Å². The minimum Gasteiger partial charge on any atom is -0.447 e. The monoisotopic (exact) mass is 178 g/mol. The van der Waals surface area contributed by atoms with Gasteiger partial charge in [0.05, 0.1) is 6.10 Å². The van der Waals surface area contributed by atoms with Crippen LogP contribution in [0.5, 0.6) is 0 Å². The van der Waals surface area contributed by atoms with E-state index < -0.39 is 6.09 Å². The number of benzene rings is 1. The van der Waals surface area contributed by atoms with Crippen molar-refractivity contribution in [2.45, 2.75) is 20.0 Å². The summed E-state index contributed by atoms with van der Waals surface area (Å²) in [5.74, 6) is 0. The van der Waals surface area contributed by atoms with E-state index in [9.17, 15) is 4.79 Å². The number of carbonyl (C=O) groups excluding carboxylic acids is 1. The van der Waals surface area contributed by atoms with Gasteiger partial charge in [-0.25, -0.2) is 4.79 Å². The predicted molar refractivity (Wildman–Crippen MR) is 50.5 cm³/mol. The molecule has 69 valence electrons. The Kier molecular flexibility index (Phi) is 3.31. The molecule has 0 aliphatic rings. The van der Waals surface area contributed by atoms with Crippen LogP contribution in [0, 0.1) is 6.07 Å². The molecule has 0 aromatic heterocycles. The lowest BCUT2D eigenvalue weighted by molar-refractivity contribution is 0.130. The second-order valence-electron chi connectivity index (χ2n) is 2.87. The highest BCUT2D eigenvalue weighted by Crippen LogP contribution is 2.05. The van der Waals surface area contributed by atoms with Gasteiger partial charge in [0.25, 0.3) is 0 Å². The van der Waals surface area contributed by atoms with Gasteiger partial charge < -0.3 is 4.74 Å². The number of hydrogen-bond acceptors (Lipinski definition) is 2. The summed E-state index contributed by atoms with van der Waals surface area (Å²) in [5, 5.41) is 2.58. The molecule has 0 saturated carbocycles. The summed E-state index contributed by atoms with van der Waals surface area (Å²) in [6, 6.07) is 9.87. The first-order chi connectivity index (χ1) is 6.18. The molecule has 1 aromatic rings. The second kappa shape index (κ2) is 4.50. The summed E-state index contributed by atoms with van der Waals surface area (Å²) < 4.78 is 4.89. The van der Waals surface area contributed by atoms with E-state index in [-0.39, 0.29) is 6.10 Å². The van der Waals surface area contributed by atoms with Gasteiger partial charge in [-0.3, -0.25) is 5.32 Å². The molecule has 1 aromatic carbocycles. The second-order valence-corrected chi connectivity index (χ2v) is 2.87. The van der Waals surface area contributed by atoms with Crippen molar-refractivity contribution >= 4 is 11.8 Å². The lowest BCUT2D eigenvalue weighted by atomic mass is 10.3. The standard InChI is InChI=1S/C10H12NO2/c1-8(2)13-10(12)11-9-6-4-3-5-7-9/h3-4,6-8H,1-2H3,(H,11,12). The van der Waals surface area contributed by atoms with Gasteiger partial charge >= 0.3 is 6.09 Å². The van der Waals surface area contributed by atoms with E-state index in [1.54, 1.807) is 38.1 Å². The summed E-state index contributed by atoms with van der Waals surface area (Å²) in [6.07, 6.45) is -0.540. The van der Waals surface area contributed by atoms with Crippen molar-refractivity contribution < 1.29 is 9.53 Å². The SMILES string of the molecule is CC(C)OC(=O)Nc1c[c]ccc1. The fourth-order valence-corrected chi connectivity index (χ4v) is 0.832. The highest BCUT2D eigenvalue weighted by atomic mass is 16.6. The Balaban J connectivity index is 2.46. The molecular weight excluding hydrogens is 166 g/mol. The summed E-state index contributed by atoms with van der Waals surface area (Å²) in [4.78, 5) is 11.1. The Morgan fingerprint density at radius 3 is 2.92 bits per heavy atom. The number of anilines is 1. The number of amides is 1. The number of nitrogens with one attached hydrogen (secondary N) is 1. The fraction of sp³-hybridized carbons (Fsp3) is 0.300. The van der Waals surface area contributed by atoms with Gasteiger partial charge in [0, 0.05) is 5.69 Å². The molecule has 0 heterocycles. The first kappa shape index (κ1) is 9.58. The number of rotatable bonds is 2. The summed E-state index contributed by atoms with van der Waals surface area (Å²) in [7, 11) is 0. The Morgan fingerprint density at radius 2 is 2.38 bits per heavy atom. The van der Waals surface area contributed by atoms with Crippen molar-refractivity contribution in [2.75, 3.05) is 5.32 Å². The molecule has 0 aliphatic heterocycles. The van der Waals surface area contributed by atoms with Crippen LogP contribution in [-0.4, -0.2) is 12.2 Å². The van der Waals surface area contributed by atoms with Crippen LogP contribution in [-0.2, 0) is 4.74 Å². The van der Waals surface area contributed by atoms with Crippen LogP contribution in [0.3, 0.4) is 0 Å². The first-order valence-electron chi connectivity index (χ1n) is 4.12. The molecule has 0 fully saturated rings. The maximum Gasteiger partial charge on any atom is 0.411 e. The van der Waals surface area contributed by atoms with Crippen molar-refractivity contribution in [1.82, 2.24) is 0 Å². The smallest absolute Gasteiger partial charge is 0.411 e. The van der Waals surface area contributed by atoms with E-state index in [4.69, 9.17) is 4.74 Å². The molecule has 0 unspecified atom stereocenters. The van der Waals surface area contributed by atoms with Gasteiger partial charge in [0.2, 0.25) is 0 Å². The zero-order valence-corrected chi connectivity index (χ0v) is 7.70. The fourth-order valence-electron chi connectivity index (χ4n) is 0.832. The molecule has 1 radical (unpaired) electrons. The highest BCUT2D eigenvalue weighted by Gasteiger charge is 2.03. The van der Waals surface area contributed by atoms with Crippen molar-refractivity contribution in [2.24, 2.45) is 0 Å². The topological polar surface area (TPSA) is 38.3 Å². The third-order valence-electron chi connectivity index (χ3n) is 1.30. The molecule has 1 amide bonds. The lowest BCUT2D eigenvalue weighted by Crippen LogP contribution is -2.17. The Bertz CT molecular complexity index is 270.